The van der Waals surface area contributed by atoms with E-state index in [0.717, 1.165) is 22.5 Å². The number of amides is 2. The van der Waals surface area contributed by atoms with Crippen LogP contribution in [0.4, 0.5) is 5.69 Å². The Morgan fingerprint density at radius 3 is 2.79 bits per heavy atom. The van der Waals surface area contributed by atoms with Gasteiger partial charge in [-0.3, -0.25) is 9.59 Å². The summed E-state index contributed by atoms with van der Waals surface area (Å²) in [6.07, 6.45) is 1.17. The average Bonchev–Trinajstić information content (AvgIpc) is 3.23. The summed E-state index contributed by atoms with van der Waals surface area (Å²) in [4.78, 5) is 29.8. The summed E-state index contributed by atoms with van der Waals surface area (Å²) >= 11 is 1.64. The minimum absolute atomic E-state index is 0.0405. The molecule has 5 heteroatoms. The number of carbonyl (C=O) groups is 2. The fourth-order valence-electron chi connectivity index (χ4n) is 3.20. The lowest BCUT2D eigenvalue weighted by molar-refractivity contribution is -0.135. The quantitative estimate of drug-likeness (QED) is 0.836. The van der Waals surface area contributed by atoms with Gasteiger partial charge in [-0.15, -0.1) is 11.3 Å². The molecule has 2 heterocycles. The highest BCUT2D eigenvalue weighted by molar-refractivity contribution is 7.09. The SMILES string of the molecule is CCc1ccccc1N1CC(C(=O)N(C)Cc2cccs2)CC1=O. The second-order valence-electron chi connectivity index (χ2n) is 6.16. The molecule has 0 N–H and O–H groups in total. The van der Waals surface area contributed by atoms with Crippen LogP contribution in [0.15, 0.2) is 41.8 Å². The summed E-state index contributed by atoms with van der Waals surface area (Å²) in [7, 11) is 1.81. The van der Waals surface area contributed by atoms with E-state index in [4.69, 9.17) is 0 Å². The van der Waals surface area contributed by atoms with Crippen molar-refractivity contribution in [1.82, 2.24) is 4.90 Å². The molecule has 126 valence electrons. The van der Waals surface area contributed by atoms with Crippen molar-refractivity contribution < 1.29 is 9.59 Å². The maximum Gasteiger partial charge on any atom is 0.228 e. The van der Waals surface area contributed by atoms with Gasteiger partial charge in [0.05, 0.1) is 12.5 Å². The van der Waals surface area contributed by atoms with Crippen molar-refractivity contribution in [2.45, 2.75) is 26.3 Å². The van der Waals surface area contributed by atoms with Gasteiger partial charge in [0.2, 0.25) is 11.8 Å². The summed E-state index contributed by atoms with van der Waals surface area (Å²) in [6.45, 7) is 3.16. The van der Waals surface area contributed by atoms with E-state index in [1.165, 1.54) is 0 Å². The molecule has 1 unspecified atom stereocenters. The van der Waals surface area contributed by atoms with Crippen LogP contribution in [0.2, 0.25) is 0 Å². The Kier molecular flexibility index (Phi) is 5.00. The lowest BCUT2D eigenvalue weighted by Crippen LogP contribution is -2.34. The third-order valence-electron chi connectivity index (χ3n) is 4.49. The monoisotopic (exact) mass is 342 g/mol. The van der Waals surface area contributed by atoms with E-state index in [-0.39, 0.29) is 17.7 Å². The topological polar surface area (TPSA) is 40.6 Å². The Bertz CT molecular complexity index is 727. The molecule has 1 aromatic carbocycles. The molecule has 0 radical (unpaired) electrons. The molecule has 1 fully saturated rings. The van der Waals surface area contributed by atoms with Crippen LogP contribution in [0, 0.1) is 5.92 Å². The van der Waals surface area contributed by atoms with Crippen molar-refractivity contribution in [3.8, 4) is 0 Å². The van der Waals surface area contributed by atoms with Gasteiger partial charge < -0.3 is 9.80 Å². The number of anilines is 1. The Morgan fingerprint density at radius 2 is 2.08 bits per heavy atom. The first-order valence-electron chi connectivity index (χ1n) is 8.25. The molecule has 4 nitrogen and oxygen atoms in total. The standard InChI is InChI=1S/C19H22N2O2S/c1-3-14-7-4-5-9-17(14)21-12-15(11-18(21)22)19(23)20(2)13-16-8-6-10-24-16/h4-10,15H,3,11-13H2,1-2H3. The van der Waals surface area contributed by atoms with Crippen molar-refractivity contribution in [3.63, 3.8) is 0 Å². The lowest BCUT2D eigenvalue weighted by Gasteiger charge is -2.22. The van der Waals surface area contributed by atoms with Crippen molar-refractivity contribution in [2.75, 3.05) is 18.5 Å². The first-order chi connectivity index (χ1) is 11.6. The largest absolute Gasteiger partial charge is 0.340 e. The number of hydrogen-bond donors (Lipinski definition) is 0. The summed E-state index contributed by atoms with van der Waals surface area (Å²) in [5.74, 6) is -0.167. The summed E-state index contributed by atoms with van der Waals surface area (Å²) in [5.41, 5.74) is 2.09. The van der Waals surface area contributed by atoms with Crippen molar-refractivity contribution >= 4 is 28.8 Å². The molecular formula is C19H22N2O2S. The van der Waals surface area contributed by atoms with E-state index in [1.54, 1.807) is 21.1 Å². The number of benzene rings is 1. The Morgan fingerprint density at radius 1 is 1.29 bits per heavy atom. The Labute approximate surface area is 146 Å². The zero-order valence-corrected chi connectivity index (χ0v) is 14.9. The van der Waals surface area contributed by atoms with Gasteiger partial charge in [0.25, 0.3) is 0 Å². The van der Waals surface area contributed by atoms with Crippen LogP contribution in [0.5, 0.6) is 0 Å². The molecule has 1 aliphatic heterocycles. The van der Waals surface area contributed by atoms with E-state index in [9.17, 15) is 9.59 Å². The van der Waals surface area contributed by atoms with Gasteiger partial charge in [0.15, 0.2) is 0 Å². The van der Waals surface area contributed by atoms with Crippen molar-refractivity contribution in [1.29, 1.82) is 0 Å². The van der Waals surface area contributed by atoms with E-state index in [1.807, 2.05) is 48.8 Å². The van der Waals surface area contributed by atoms with Crippen LogP contribution in [-0.4, -0.2) is 30.3 Å². The number of rotatable bonds is 5. The van der Waals surface area contributed by atoms with Crippen LogP contribution in [0.1, 0.15) is 23.8 Å². The number of carbonyl (C=O) groups excluding carboxylic acids is 2. The predicted molar refractivity (Wildman–Crippen MR) is 97.1 cm³/mol. The van der Waals surface area contributed by atoms with Gasteiger partial charge in [0, 0.05) is 30.6 Å². The third-order valence-corrected chi connectivity index (χ3v) is 5.35. The number of thiophene rings is 1. The fourth-order valence-corrected chi connectivity index (χ4v) is 3.96. The molecule has 0 saturated carbocycles. The molecule has 2 aromatic rings. The highest BCUT2D eigenvalue weighted by Crippen LogP contribution is 2.29. The molecule has 0 bridgehead atoms. The Hall–Kier alpha value is -2.14. The van der Waals surface area contributed by atoms with E-state index in [0.29, 0.717) is 19.5 Å². The fraction of sp³-hybridized carbons (Fsp3) is 0.368. The maximum absolute atomic E-state index is 12.7. The van der Waals surface area contributed by atoms with Gasteiger partial charge >= 0.3 is 0 Å². The minimum Gasteiger partial charge on any atom is -0.340 e. The zero-order chi connectivity index (χ0) is 17.1. The molecule has 0 aliphatic carbocycles. The summed E-state index contributed by atoms with van der Waals surface area (Å²) < 4.78 is 0. The van der Waals surface area contributed by atoms with E-state index < -0.39 is 0 Å². The second-order valence-corrected chi connectivity index (χ2v) is 7.19. The van der Waals surface area contributed by atoms with Crippen LogP contribution >= 0.6 is 11.3 Å². The maximum atomic E-state index is 12.7. The van der Waals surface area contributed by atoms with Gasteiger partial charge in [0.1, 0.15) is 0 Å². The van der Waals surface area contributed by atoms with E-state index >= 15 is 0 Å². The average molecular weight is 342 g/mol. The highest BCUT2D eigenvalue weighted by atomic mass is 32.1. The first-order valence-corrected chi connectivity index (χ1v) is 9.13. The summed E-state index contributed by atoms with van der Waals surface area (Å²) in [5, 5.41) is 2.01. The molecule has 3 rings (SSSR count). The normalized spacial score (nSPS) is 17.3. The third kappa shape index (κ3) is 3.36. The predicted octanol–water partition coefficient (Wildman–Crippen LogP) is 3.32. The van der Waals surface area contributed by atoms with Crippen molar-refractivity contribution in [3.05, 3.63) is 52.2 Å². The van der Waals surface area contributed by atoms with Crippen LogP contribution in [0.3, 0.4) is 0 Å². The lowest BCUT2D eigenvalue weighted by atomic mass is 10.1. The molecular weight excluding hydrogens is 320 g/mol. The van der Waals surface area contributed by atoms with Gasteiger partial charge in [-0.05, 0) is 29.5 Å². The van der Waals surface area contributed by atoms with Gasteiger partial charge in [-0.25, -0.2) is 0 Å². The minimum atomic E-state index is -0.257. The smallest absolute Gasteiger partial charge is 0.228 e. The Balaban J connectivity index is 1.71. The highest BCUT2D eigenvalue weighted by Gasteiger charge is 2.37. The van der Waals surface area contributed by atoms with Gasteiger partial charge in [-0.2, -0.15) is 0 Å². The molecule has 24 heavy (non-hydrogen) atoms. The zero-order valence-electron chi connectivity index (χ0n) is 14.1. The van der Waals surface area contributed by atoms with E-state index in [2.05, 4.69) is 6.92 Å². The number of hydrogen-bond acceptors (Lipinski definition) is 3. The van der Waals surface area contributed by atoms with Crippen LogP contribution < -0.4 is 4.90 Å². The number of para-hydroxylation sites is 1. The first kappa shape index (κ1) is 16.7. The molecule has 1 aliphatic rings. The molecule has 2 amide bonds. The second kappa shape index (κ2) is 7.18. The molecule has 0 spiro atoms. The number of aryl methyl sites for hydroxylation is 1. The van der Waals surface area contributed by atoms with Crippen molar-refractivity contribution in [2.24, 2.45) is 5.92 Å². The molecule has 1 aromatic heterocycles. The molecule has 1 atom stereocenters. The van der Waals surface area contributed by atoms with Crippen LogP contribution in [-0.2, 0) is 22.6 Å². The van der Waals surface area contributed by atoms with Crippen LogP contribution in [0.25, 0.3) is 0 Å². The summed E-state index contributed by atoms with van der Waals surface area (Å²) in [6, 6.07) is 12.0. The molecule has 1 saturated heterocycles. The number of nitrogens with zero attached hydrogens (tertiary/aromatic N) is 2. The van der Waals surface area contributed by atoms with Gasteiger partial charge in [-0.1, -0.05) is 31.2 Å².